The van der Waals surface area contributed by atoms with E-state index in [9.17, 15) is 4.79 Å². The number of ether oxygens (including phenoxy) is 2. The SMILES string of the molecule is CCn1ccc(C(=O)Nc2nnc(-c3ccc4c(c3)OCCO4)o2)n1. The number of amides is 1. The molecule has 0 aliphatic carbocycles. The second kappa shape index (κ2) is 6.27. The number of carbonyl (C=O) groups is 1. The van der Waals surface area contributed by atoms with Crippen LogP contribution >= 0.6 is 0 Å². The lowest BCUT2D eigenvalue weighted by molar-refractivity contribution is 0.101. The molecule has 0 unspecified atom stereocenters. The minimum absolute atomic E-state index is 0.000868. The Kier molecular flexibility index (Phi) is 3.81. The van der Waals surface area contributed by atoms with Crippen LogP contribution in [0, 0.1) is 0 Å². The summed E-state index contributed by atoms with van der Waals surface area (Å²) in [6, 6.07) is 6.95. The van der Waals surface area contributed by atoms with E-state index in [1.54, 1.807) is 35.1 Å². The van der Waals surface area contributed by atoms with Crippen molar-refractivity contribution in [1.82, 2.24) is 20.0 Å². The maximum absolute atomic E-state index is 12.1. The molecule has 128 valence electrons. The van der Waals surface area contributed by atoms with Crippen molar-refractivity contribution in [3.63, 3.8) is 0 Å². The van der Waals surface area contributed by atoms with Gasteiger partial charge in [-0.05, 0) is 31.2 Å². The lowest BCUT2D eigenvalue weighted by Crippen LogP contribution is -2.15. The molecule has 9 nitrogen and oxygen atoms in total. The van der Waals surface area contributed by atoms with Crippen LogP contribution in [-0.2, 0) is 6.54 Å². The Labute approximate surface area is 142 Å². The maximum atomic E-state index is 12.1. The van der Waals surface area contributed by atoms with Crippen molar-refractivity contribution < 1.29 is 18.7 Å². The molecule has 1 aliphatic heterocycles. The highest BCUT2D eigenvalue weighted by atomic mass is 16.6. The molecule has 0 atom stereocenters. The predicted molar refractivity (Wildman–Crippen MR) is 86.6 cm³/mol. The van der Waals surface area contributed by atoms with E-state index in [0.29, 0.717) is 36.8 Å². The first-order valence-electron chi connectivity index (χ1n) is 7.81. The number of nitrogens with zero attached hydrogens (tertiary/aromatic N) is 4. The van der Waals surface area contributed by atoms with Gasteiger partial charge < -0.3 is 13.9 Å². The quantitative estimate of drug-likeness (QED) is 0.773. The fourth-order valence-electron chi connectivity index (χ4n) is 2.39. The normalized spacial score (nSPS) is 12.8. The fraction of sp³-hybridized carbons (Fsp3) is 0.250. The second-order valence-corrected chi connectivity index (χ2v) is 5.28. The Morgan fingerprint density at radius 2 is 2.04 bits per heavy atom. The zero-order valence-electron chi connectivity index (χ0n) is 13.4. The van der Waals surface area contributed by atoms with E-state index in [1.807, 2.05) is 6.92 Å². The van der Waals surface area contributed by atoms with Crippen molar-refractivity contribution >= 4 is 11.9 Å². The Bertz CT molecular complexity index is 917. The van der Waals surface area contributed by atoms with Gasteiger partial charge in [0.2, 0.25) is 5.89 Å². The largest absolute Gasteiger partial charge is 0.486 e. The molecule has 2 aromatic heterocycles. The van der Waals surface area contributed by atoms with Crippen LogP contribution in [0.15, 0.2) is 34.9 Å². The number of fused-ring (bicyclic) bond motifs is 1. The molecule has 9 heteroatoms. The number of hydrogen-bond acceptors (Lipinski definition) is 7. The minimum Gasteiger partial charge on any atom is -0.486 e. The lowest BCUT2D eigenvalue weighted by atomic mass is 10.2. The van der Waals surface area contributed by atoms with Gasteiger partial charge in [0.05, 0.1) is 0 Å². The highest BCUT2D eigenvalue weighted by Crippen LogP contribution is 2.34. The second-order valence-electron chi connectivity index (χ2n) is 5.28. The minimum atomic E-state index is -0.412. The van der Waals surface area contributed by atoms with E-state index in [4.69, 9.17) is 13.9 Å². The molecule has 0 saturated heterocycles. The summed E-state index contributed by atoms with van der Waals surface area (Å²) in [4.78, 5) is 12.1. The van der Waals surface area contributed by atoms with E-state index < -0.39 is 5.91 Å². The fourth-order valence-corrected chi connectivity index (χ4v) is 2.39. The van der Waals surface area contributed by atoms with Crippen LogP contribution in [0.2, 0.25) is 0 Å². The summed E-state index contributed by atoms with van der Waals surface area (Å²) in [5, 5.41) is 14.5. The summed E-state index contributed by atoms with van der Waals surface area (Å²) in [7, 11) is 0. The van der Waals surface area contributed by atoms with Crippen molar-refractivity contribution in [1.29, 1.82) is 0 Å². The van der Waals surface area contributed by atoms with Crippen LogP contribution in [0.5, 0.6) is 11.5 Å². The molecule has 0 fully saturated rings. The molecule has 1 aliphatic rings. The molecule has 0 spiro atoms. The summed E-state index contributed by atoms with van der Waals surface area (Å²) in [5.41, 5.74) is 0.952. The number of nitrogens with one attached hydrogen (secondary N) is 1. The van der Waals surface area contributed by atoms with Crippen molar-refractivity contribution in [3.8, 4) is 23.0 Å². The van der Waals surface area contributed by atoms with Crippen LogP contribution < -0.4 is 14.8 Å². The number of hydrogen-bond donors (Lipinski definition) is 1. The van der Waals surface area contributed by atoms with Gasteiger partial charge in [-0.15, -0.1) is 5.10 Å². The third-order valence-corrected chi connectivity index (χ3v) is 3.63. The summed E-state index contributed by atoms with van der Waals surface area (Å²) in [6.07, 6.45) is 1.73. The Morgan fingerprint density at radius 3 is 2.84 bits per heavy atom. The van der Waals surface area contributed by atoms with E-state index in [-0.39, 0.29) is 17.6 Å². The van der Waals surface area contributed by atoms with Gasteiger partial charge in [-0.1, -0.05) is 5.10 Å². The molecule has 4 rings (SSSR count). The number of carbonyl (C=O) groups excluding carboxylic acids is 1. The average molecular weight is 341 g/mol. The average Bonchev–Trinajstić information content (AvgIpc) is 3.30. The van der Waals surface area contributed by atoms with Crippen molar-refractivity contribution in [2.75, 3.05) is 18.5 Å². The molecular weight excluding hydrogens is 326 g/mol. The third-order valence-electron chi connectivity index (χ3n) is 3.63. The molecule has 0 saturated carbocycles. The van der Waals surface area contributed by atoms with Gasteiger partial charge >= 0.3 is 6.01 Å². The van der Waals surface area contributed by atoms with Crippen LogP contribution in [0.4, 0.5) is 6.01 Å². The molecule has 25 heavy (non-hydrogen) atoms. The first-order valence-corrected chi connectivity index (χ1v) is 7.81. The van der Waals surface area contributed by atoms with E-state index >= 15 is 0 Å². The van der Waals surface area contributed by atoms with Gasteiger partial charge in [0.15, 0.2) is 17.2 Å². The molecule has 1 N–H and O–H groups in total. The van der Waals surface area contributed by atoms with Gasteiger partial charge in [0, 0.05) is 18.3 Å². The molecule has 3 aromatic rings. The van der Waals surface area contributed by atoms with Gasteiger partial charge in [0.1, 0.15) is 13.2 Å². The topological polar surface area (TPSA) is 104 Å². The number of aryl methyl sites for hydroxylation is 1. The van der Waals surface area contributed by atoms with Gasteiger partial charge in [-0.25, -0.2) is 0 Å². The monoisotopic (exact) mass is 341 g/mol. The molecule has 1 amide bonds. The van der Waals surface area contributed by atoms with E-state index in [0.717, 1.165) is 0 Å². The zero-order valence-corrected chi connectivity index (χ0v) is 13.4. The molecule has 0 bridgehead atoms. The summed E-state index contributed by atoms with van der Waals surface area (Å²) < 4.78 is 18.2. The van der Waals surface area contributed by atoms with Crippen molar-refractivity contribution in [3.05, 3.63) is 36.2 Å². The Morgan fingerprint density at radius 1 is 1.20 bits per heavy atom. The molecular formula is C16H15N5O4. The molecule has 3 heterocycles. The summed E-state index contributed by atoms with van der Waals surface area (Å²) in [6.45, 7) is 3.64. The number of aromatic nitrogens is 4. The number of rotatable bonds is 4. The number of anilines is 1. The Hall–Kier alpha value is -3.36. The van der Waals surface area contributed by atoms with E-state index in [1.165, 1.54) is 0 Å². The van der Waals surface area contributed by atoms with Crippen LogP contribution in [-0.4, -0.2) is 39.1 Å². The molecule has 1 aromatic carbocycles. The lowest BCUT2D eigenvalue weighted by Gasteiger charge is -2.18. The van der Waals surface area contributed by atoms with Crippen LogP contribution in [0.1, 0.15) is 17.4 Å². The van der Waals surface area contributed by atoms with E-state index in [2.05, 4.69) is 20.6 Å². The van der Waals surface area contributed by atoms with Crippen LogP contribution in [0.3, 0.4) is 0 Å². The molecule has 0 radical (unpaired) electrons. The van der Waals surface area contributed by atoms with Gasteiger partial charge in [-0.2, -0.15) is 5.10 Å². The van der Waals surface area contributed by atoms with Gasteiger partial charge in [0.25, 0.3) is 5.91 Å². The maximum Gasteiger partial charge on any atom is 0.322 e. The first kappa shape index (κ1) is 15.2. The first-order chi connectivity index (χ1) is 12.2. The highest BCUT2D eigenvalue weighted by Gasteiger charge is 2.17. The third kappa shape index (κ3) is 3.03. The van der Waals surface area contributed by atoms with Crippen LogP contribution in [0.25, 0.3) is 11.5 Å². The summed E-state index contributed by atoms with van der Waals surface area (Å²) >= 11 is 0. The van der Waals surface area contributed by atoms with Crippen molar-refractivity contribution in [2.24, 2.45) is 0 Å². The van der Waals surface area contributed by atoms with Crippen molar-refractivity contribution in [2.45, 2.75) is 13.5 Å². The predicted octanol–water partition coefficient (Wildman–Crippen LogP) is 1.98. The highest BCUT2D eigenvalue weighted by molar-refractivity contribution is 6.01. The standard InChI is InChI=1S/C16H15N5O4/c1-2-21-6-5-11(20-21)14(22)17-16-19-18-15(25-16)10-3-4-12-13(9-10)24-8-7-23-12/h3-6,9H,2,7-8H2,1H3,(H,17,19,22). The Balaban J connectivity index is 1.51. The van der Waals surface area contributed by atoms with Gasteiger partial charge in [-0.3, -0.25) is 14.8 Å². The zero-order chi connectivity index (χ0) is 17.2. The smallest absolute Gasteiger partial charge is 0.322 e. The number of benzene rings is 1. The summed E-state index contributed by atoms with van der Waals surface area (Å²) in [5.74, 6) is 1.16.